The van der Waals surface area contributed by atoms with E-state index in [1.165, 1.54) is 0 Å². The molecule has 1 fully saturated rings. The van der Waals surface area contributed by atoms with E-state index in [1.807, 2.05) is 36.6 Å². The van der Waals surface area contributed by atoms with Crippen molar-refractivity contribution in [2.24, 2.45) is 5.73 Å². The summed E-state index contributed by atoms with van der Waals surface area (Å²) in [5.41, 5.74) is 7.64. The second-order valence-corrected chi connectivity index (χ2v) is 6.91. The van der Waals surface area contributed by atoms with Crippen molar-refractivity contribution in [1.82, 2.24) is 9.88 Å². The summed E-state index contributed by atoms with van der Waals surface area (Å²) in [6.45, 7) is 3.75. The molecule has 126 valence electrons. The highest BCUT2D eigenvalue weighted by Gasteiger charge is 2.21. The number of carbonyl (C=O) groups is 1. The van der Waals surface area contributed by atoms with E-state index in [2.05, 4.69) is 4.98 Å². The van der Waals surface area contributed by atoms with Gasteiger partial charge >= 0.3 is 0 Å². The molecule has 1 aliphatic heterocycles. The zero-order chi connectivity index (χ0) is 16.9. The molecule has 2 N–H and O–H groups in total. The average Bonchev–Trinajstić information content (AvgIpc) is 3.20. The summed E-state index contributed by atoms with van der Waals surface area (Å²) in [5.74, 6) is 0.734. The van der Waals surface area contributed by atoms with Crippen molar-refractivity contribution in [3.8, 4) is 5.75 Å². The van der Waals surface area contributed by atoms with Crippen molar-refractivity contribution in [2.45, 2.75) is 26.0 Å². The Bertz CT molecular complexity index is 741. The van der Waals surface area contributed by atoms with E-state index in [1.54, 1.807) is 28.4 Å². The zero-order valence-electron chi connectivity index (χ0n) is 13.6. The third kappa shape index (κ3) is 4.21. The highest BCUT2D eigenvalue weighted by molar-refractivity contribution is 7.09. The number of hydrogen-bond acceptors (Lipinski definition) is 5. The van der Waals surface area contributed by atoms with E-state index in [0.717, 1.165) is 35.0 Å². The van der Waals surface area contributed by atoms with Crippen molar-refractivity contribution >= 4 is 23.3 Å². The minimum atomic E-state index is -0.00659. The van der Waals surface area contributed by atoms with E-state index >= 15 is 0 Å². The Hall–Kier alpha value is -2.18. The van der Waals surface area contributed by atoms with Crippen LogP contribution < -0.4 is 10.5 Å². The first-order chi connectivity index (χ1) is 11.6. The summed E-state index contributed by atoms with van der Waals surface area (Å²) in [6, 6.07) is 7.77. The molecule has 1 saturated heterocycles. The number of hydrogen-bond donors (Lipinski definition) is 1. The Morgan fingerprint density at radius 2 is 2.33 bits per heavy atom. The number of nitrogens with two attached hydrogens (primary N) is 1. The van der Waals surface area contributed by atoms with Crippen LogP contribution in [0.4, 0.5) is 0 Å². The van der Waals surface area contributed by atoms with Crippen LogP contribution >= 0.6 is 11.3 Å². The maximum atomic E-state index is 12.2. The van der Waals surface area contributed by atoms with Gasteiger partial charge in [0.15, 0.2) is 0 Å². The third-order valence-corrected chi connectivity index (χ3v) is 4.73. The standard InChI is InChI=1S/C18H21N3O2S/c1-13-20-16(12-24-13)11-23-17-5-3-2-4-14(17)6-7-18(22)21-9-8-15(19)10-21/h2-7,12,15H,8-11,19H2,1H3. The van der Waals surface area contributed by atoms with Crippen molar-refractivity contribution in [1.29, 1.82) is 0 Å². The fourth-order valence-corrected chi connectivity index (χ4v) is 3.23. The lowest BCUT2D eigenvalue weighted by molar-refractivity contribution is -0.124. The summed E-state index contributed by atoms with van der Waals surface area (Å²) in [6.07, 6.45) is 4.26. The minimum Gasteiger partial charge on any atom is -0.487 e. The number of para-hydroxylation sites is 1. The van der Waals surface area contributed by atoms with Crippen molar-refractivity contribution < 1.29 is 9.53 Å². The molecule has 1 aromatic carbocycles. The van der Waals surface area contributed by atoms with Gasteiger partial charge in [0.25, 0.3) is 0 Å². The number of ether oxygens (including phenoxy) is 1. The molecule has 1 aromatic heterocycles. The van der Waals surface area contributed by atoms with Gasteiger partial charge in [-0.05, 0) is 25.5 Å². The molecule has 1 amide bonds. The summed E-state index contributed by atoms with van der Waals surface area (Å²) in [4.78, 5) is 18.4. The van der Waals surface area contributed by atoms with Gasteiger partial charge in [-0.1, -0.05) is 18.2 Å². The van der Waals surface area contributed by atoms with Crippen molar-refractivity contribution in [2.75, 3.05) is 13.1 Å². The van der Waals surface area contributed by atoms with Gasteiger partial charge in [-0.3, -0.25) is 4.79 Å². The second-order valence-electron chi connectivity index (χ2n) is 5.85. The first-order valence-electron chi connectivity index (χ1n) is 7.97. The number of nitrogens with zero attached hydrogens (tertiary/aromatic N) is 2. The highest BCUT2D eigenvalue weighted by Crippen LogP contribution is 2.21. The Morgan fingerprint density at radius 3 is 3.04 bits per heavy atom. The van der Waals surface area contributed by atoms with Crippen LogP contribution in [0.15, 0.2) is 35.7 Å². The number of aromatic nitrogens is 1. The van der Waals surface area contributed by atoms with Crippen LogP contribution in [-0.4, -0.2) is 34.9 Å². The smallest absolute Gasteiger partial charge is 0.246 e. The Labute approximate surface area is 145 Å². The summed E-state index contributed by atoms with van der Waals surface area (Å²) < 4.78 is 5.86. The predicted octanol–water partition coefficient (Wildman–Crippen LogP) is 2.60. The van der Waals surface area contributed by atoms with Gasteiger partial charge in [-0.25, -0.2) is 4.98 Å². The number of thiazole rings is 1. The van der Waals surface area contributed by atoms with E-state index < -0.39 is 0 Å². The lowest BCUT2D eigenvalue weighted by Crippen LogP contribution is -2.30. The molecular weight excluding hydrogens is 322 g/mol. The van der Waals surface area contributed by atoms with Crippen molar-refractivity contribution in [3.05, 3.63) is 52.0 Å². The maximum absolute atomic E-state index is 12.2. The van der Waals surface area contributed by atoms with Gasteiger partial charge in [0.1, 0.15) is 12.4 Å². The molecule has 6 heteroatoms. The molecule has 24 heavy (non-hydrogen) atoms. The summed E-state index contributed by atoms with van der Waals surface area (Å²) in [5, 5.41) is 3.02. The Balaban J connectivity index is 1.65. The molecule has 5 nitrogen and oxygen atoms in total. The molecule has 0 aliphatic carbocycles. The number of rotatable bonds is 5. The van der Waals surface area contributed by atoms with E-state index in [4.69, 9.17) is 10.5 Å². The second kappa shape index (κ2) is 7.59. The number of likely N-dealkylation sites (tertiary alicyclic amines) is 1. The van der Waals surface area contributed by atoms with Gasteiger partial charge < -0.3 is 15.4 Å². The quantitative estimate of drug-likeness (QED) is 0.847. The fourth-order valence-electron chi connectivity index (χ4n) is 2.63. The van der Waals surface area contributed by atoms with Gasteiger partial charge in [-0.15, -0.1) is 11.3 Å². The Morgan fingerprint density at radius 1 is 1.50 bits per heavy atom. The molecule has 0 bridgehead atoms. The monoisotopic (exact) mass is 343 g/mol. The topological polar surface area (TPSA) is 68.5 Å². The maximum Gasteiger partial charge on any atom is 0.246 e. The summed E-state index contributed by atoms with van der Waals surface area (Å²) in [7, 11) is 0. The fraction of sp³-hybridized carbons (Fsp3) is 0.333. The number of amides is 1. The van der Waals surface area contributed by atoms with Crippen LogP contribution in [0, 0.1) is 6.92 Å². The molecular formula is C18H21N3O2S. The minimum absolute atomic E-state index is 0.00659. The summed E-state index contributed by atoms with van der Waals surface area (Å²) >= 11 is 1.61. The molecule has 1 aliphatic rings. The van der Waals surface area contributed by atoms with Crippen LogP contribution in [-0.2, 0) is 11.4 Å². The predicted molar refractivity (Wildman–Crippen MR) is 95.8 cm³/mol. The SMILES string of the molecule is Cc1nc(COc2ccccc2C=CC(=O)N2CCC(N)C2)cs1. The molecule has 2 aromatic rings. The van der Waals surface area contributed by atoms with Crippen LogP contribution in [0.2, 0.25) is 0 Å². The van der Waals surface area contributed by atoms with Crippen LogP contribution in [0.25, 0.3) is 6.08 Å². The number of carbonyl (C=O) groups excluding carboxylic acids is 1. The molecule has 2 heterocycles. The normalized spacial score (nSPS) is 17.6. The highest BCUT2D eigenvalue weighted by atomic mass is 32.1. The van der Waals surface area contributed by atoms with Crippen molar-refractivity contribution in [3.63, 3.8) is 0 Å². The van der Waals surface area contributed by atoms with Gasteiger partial charge in [0.2, 0.25) is 5.91 Å². The molecule has 1 unspecified atom stereocenters. The zero-order valence-corrected chi connectivity index (χ0v) is 14.5. The number of benzene rings is 1. The Kier molecular flexibility index (Phi) is 5.27. The first kappa shape index (κ1) is 16.7. The molecule has 3 rings (SSSR count). The van der Waals surface area contributed by atoms with E-state index in [9.17, 15) is 4.79 Å². The van der Waals surface area contributed by atoms with E-state index in [0.29, 0.717) is 13.2 Å². The van der Waals surface area contributed by atoms with Crippen LogP contribution in [0.5, 0.6) is 5.75 Å². The molecule has 1 atom stereocenters. The van der Waals surface area contributed by atoms with Crippen LogP contribution in [0.3, 0.4) is 0 Å². The molecule has 0 saturated carbocycles. The lowest BCUT2D eigenvalue weighted by atomic mass is 10.2. The van der Waals surface area contributed by atoms with Crippen LogP contribution in [0.1, 0.15) is 22.7 Å². The third-order valence-electron chi connectivity index (χ3n) is 3.90. The lowest BCUT2D eigenvalue weighted by Gasteiger charge is -2.13. The average molecular weight is 343 g/mol. The van der Waals surface area contributed by atoms with E-state index in [-0.39, 0.29) is 11.9 Å². The van der Waals surface area contributed by atoms with Gasteiger partial charge in [0, 0.05) is 36.2 Å². The van der Waals surface area contributed by atoms with Gasteiger partial charge in [0.05, 0.1) is 10.7 Å². The number of aryl methyl sites for hydroxylation is 1. The molecule has 0 spiro atoms. The largest absolute Gasteiger partial charge is 0.487 e. The van der Waals surface area contributed by atoms with Gasteiger partial charge in [-0.2, -0.15) is 0 Å². The molecule has 0 radical (unpaired) electrons. The first-order valence-corrected chi connectivity index (χ1v) is 8.85.